The first-order valence-electron chi connectivity index (χ1n) is 10.3. The van der Waals surface area contributed by atoms with Crippen LogP contribution in [0, 0.1) is 0 Å². The lowest BCUT2D eigenvalue weighted by atomic mass is 9.96. The minimum absolute atomic E-state index is 0. The number of piperidine rings is 1. The Hall–Kier alpha value is -2.83. The van der Waals surface area contributed by atoms with Gasteiger partial charge in [-0.2, -0.15) is 5.10 Å². The van der Waals surface area contributed by atoms with Gasteiger partial charge in [0, 0.05) is 51.5 Å². The van der Waals surface area contributed by atoms with Crippen LogP contribution in [-0.4, -0.2) is 31.6 Å². The second kappa shape index (κ2) is 9.12. The lowest BCUT2D eigenvalue weighted by molar-refractivity contribution is 0.412. The van der Waals surface area contributed by atoms with Gasteiger partial charge < -0.3 is 5.32 Å². The Bertz CT molecular complexity index is 1210. The number of aromatic nitrogens is 3. The molecule has 2 unspecified atom stereocenters. The van der Waals surface area contributed by atoms with Gasteiger partial charge in [-0.1, -0.05) is 50.2 Å². The highest BCUT2D eigenvalue weighted by Crippen LogP contribution is 2.28. The molecule has 0 saturated carbocycles. The molecule has 1 fully saturated rings. The SMILES string of the molecule is C.CS(=O)c1cccc(-c2cnn3cc(-c4ccc(C5CCCCN5)cc4)cnc23)c1. The Morgan fingerprint density at radius 1 is 1.03 bits per heavy atom. The molecule has 5 rings (SSSR count). The highest BCUT2D eigenvalue weighted by Gasteiger charge is 2.15. The second-order valence-electron chi connectivity index (χ2n) is 7.78. The summed E-state index contributed by atoms with van der Waals surface area (Å²) in [4.78, 5) is 5.49. The topological polar surface area (TPSA) is 59.3 Å². The van der Waals surface area contributed by atoms with E-state index >= 15 is 0 Å². The van der Waals surface area contributed by atoms with Crippen LogP contribution in [0.2, 0.25) is 0 Å². The molecule has 3 heterocycles. The van der Waals surface area contributed by atoms with Crippen LogP contribution in [0.15, 0.2) is 72.0 Å². The Labute approximate surface area is 186 Å². The molecule has 0 radical (unpaired) electrons. The van der Waals surface area contributed by atoms with Crippen LogP contribution in [0.3, 0.4) is 0 Å². The summed E-state index contributed by atoms with van der Waals surface area (Å²) in [6.45, 7) is 1.10. The maximum Gasteiger partial charge on any atom is 0.162 e. The third kappa shape index (κ3) is 4.31. The smallest absolute Gasteiger partial charge is 0.162 e. The number of rotatable bonds is 4. The number of hydrogen-bond acceptors (Lipinski definition) is 4. The molecule has 1 aliphatic rings. The largest absolute Gasteiger partial charge is 0.310 e. The number of nitrogens with zero attached hydrogens (tertiary/aromatic N) is 3. The highest BCUT2D eigenvalue weighted by atomic mass is 32.2. The standard InChI is InChI=1S/C24H24N4OS.CH4/c1-30(29)21-6-4-5-19(13-21)22-15-27-28-16-20(14-26-24(22)28)17-8-10-18(11-9-17)23-7-2-3-12-25-23;/h4-6,8-11,13-16,23,25H,2-3,7,12H2,1H3;1H4. The molecule has 5 nitrogen and oxygen atoms in total. The number of benzene rings is 2. The van der Waals surface area contributed by atoms with E-state index in [4.69, 9.17) is 4.98 Å². The van der Waals surface area contributed by atoms with Crippen LogP contribution in [-0.2, 0) is 10.8 Å². The minimum atomic E-state index is -1.02. The quantitative estimate of drug-likeness (QED) is 0.478. The van der Waals surface area contributed by atoms with E-state index in [0.717, 1.165) is 39.3 Å². The average Bonchev–Trinajstić information content (AvgIpc) is 3.23. The van der Waals surface area contributed by atoms with E-state index in [-0.39, 0.29) is 7.43 Å². The Kier molecular flexibility index (Phi) is 6.30. The monoisotopic (exact) mass is 432 g/mol. The molecular formula is C25H28N4OS. The minimum Gasteiger partial charge on any atom is -0.310 e. The molecule has 0 amide bonds. The van der Waals surface area contributed by atoms with Gasteiger partial charge in [0.25, 0.3) is 0 Å². The van der Waals surface area contributed by atoms with Crippen molar-refractivity contribution >= 4 is 16.4 Å². The molecule has 6 heteroatoms. The summed E-state index contributed by atoms with van der Waals surface area (Å²) >= 11 is 0. The third-order valence-electron chi connectivity index (χ3n) is 5.79. The van der Waals surface area contributed by atoms with Crippen molar-refractivity contribution in [2.24, 2.45) is 0 Å². The highest BCUT2D eigenvalue weighted by molar-refractivity contribution is 7.84. The lowest BCUT2D eigenvalue weighted by Crippen LogP contribution is -2.26. The molecule has 1 aliphatic heterocycles. The fraction of sp³-hybridized carbons (Fsp3) is 0.280. The van der Waals surface area contributed by atoms with Gasteiger partial charge in [-0.25, -0.2) is 9.50 Å². The molecule has 2 aromatic heterocycles. The predicted molar refractivity (Wildman–Crippen MR) is 128 cm³/mol. The first-order chi connectivity index (χ1) is 14.7. The van der Waals surface area contributed by atoms with Gasteiger partial charge >= 0.3 is 0 Å². The maximum absolute atomic E-state index is 11.8. The third-order valence-corrected chi connectivity index (χ3v) is 6.71. The van der Waals surface area contributed by atoms with Crippen LogP contribution in [0.4, 0.5) is 0 Å². The van der Waals surface area contributed by atoms with Crippen molar-refractivity contribution in [1.29, 1.82) is 0 Å². The number of nitrogens with one attached hydrogen (secondary N) is 1. The van der Waals surface area contributed by atoms with Crippen molar-refractivity contribution in [1.82, 2.24) is 19.9 Å². The van der Waals surface area contributed by atoms with Crippen molar-refractivity contribution in [2.45, 2.75) is 37.6 Å². The molecule has 31 heavy (non-hydrogen) atoms. The van der Waals surface area contributed by atoms with Crippen LogP contribution < -0.4 is 5.32 Å². The molecule has 4 aromatic rings. The summed E-state index contributed by atoms with van der Waals surface area (Å²) < 4.78 is 13.6. The van der Waals surface area contributed by atoms with Crippen molar-refractivity contribution < 1.29 is 4.21 Å². The Morgan fingerprint density at radius 3 is 2.61 bits per heavy atom. The van der Waals surface area contributed by atoms with Crippen molar-refractivity contribution in [3.63, 3.8) is 0 Å². The van der Waals surface area contributed by atoms with Gasteiger partial charge in [-0.05, 0) is 48.2 Å². The zero-order chi connectivity index (χ0) is 20.5. The van der Waals surface area contributed by atoms with Crippen molar-refractivity contribution in [3.05, 3.63) is 72.7 Å². The van der Waals surface area contributed by atoms with E-state index in [9.17, 15) is 4.21 Å². The fourth-order valence-corrected chi connectivity index (χ4v) is 4.68. The second-order valence-corrected chi connectivity index (χ2v) is 9.16. The van der Waals surface area contributed by atoms with Crippen molar-refractivity contribution in [2.75, 3.05) is 12.8 Å². The number of hydrogen-bond donors (Lipinski definition) is 1. The van der Waals surface area contributed by atoms with Gasteiger partial charge in [0.1, 0.15) is 0 Å². The van der Waals surface area contributed by atoms with Gasteiger partial charge in [0.05, 0.1) is 6.20 Å². The summed E-state index contributed by atoms with van der Waals surface area (Å²) in [6.07, 6.45) is 11.2. The average molecular weight is 433 g/mol. The van der Waals surface area contributed by atoms with E-state index < -0.39 is 10.8 Å². The molecule has 1 N–H and O–H groups in total. The summed E-state index contributed by atoms with van der Waals surface area (Å²) in [7, 11) is -1.02. The van der Waals surface area contributed by atoms with Gasteiger partial charge in [0.2, 0.25) is 0 Å². The summed E-state index contributed by atoms with van der Waals surface area (Å²) in [6, 6.07) is 17.0. The zero-order valence-electron chi connectivity index (χ0n) is 16.9. The molecule has 160 valence electrons. The predicted octanol–water partition coefficient (Wildman–Crippen LogP) is 5.25. The molecular weight excluding hydrogens is 404 g/mol. The van der Waals surface area contributed by atoms with E-state index in [1.165, 1.54) is 24.8 Å². The first kappa shape index (κ1) is 21.4. The summed E-state index contributed by atoms with van der Waals surface area (Å²) in [5.74, 6) is 0. The molecule has 2 atom stereocenters. The van der Waals surface area contributed by atoms with E-state index in [1.807, 2.05) is 47.4 Å². The zero-order valence-corrected chi connectivity index (χ0v) is 17.7. The van der Waals surface area contributed by atoms with E-state index in [0.29, 0.717) is 6.04 Å². The molecule has 2 aromatic carbocycles. The van der Waals surface area contributed by atoms with Crippen LogP contribution in [0.5, 0.6) is 0 Å². The molecule has 0 bridgehead atoms. The summed E-state index contributed by atoms with van der Waals surface area (Å²) in [5.41, 5.74) is 6.21. The normalized spacial score (nSPS) is 17.3. The fourth-order valence-electron chi connectivity index (χ4n) is 4.11. The van der Waals surface area contributed by atoms with Gasteiger partial charge in [0.15, 0.2) is 5.65 Å². The number of fused-ring (bicyclic) bond motifs is 1. The lowest BCUT2D eigenvalue weighted by Gasteiger charge is -2.24. The molecule has 0 aliphatic carbocycles. The Morgan fingerprint density at radius 2 is 1.87 bits per heavy atom. The van der Waals surface area contributed by atoms with Crippen LogP contribution in [0.25, 0.3) is 27.9 Å². The first-order valence-corrected chi connectivity index (χ1v) is 11.9. The Balaban J connectivity index is 0.00000231. The van der Waals surface area contributed by atoms with Gasteiger partial charge in [-0.3, -0.25) is 4.21 Å². The van der Waals surface area contributed by atoms with Crippen LogP contribution >= 0.6 is 0 Å². The van der Waals surface area contributed by atoms with Crippen molar-refractivity contribution in [3.8, 4) is 22.3 Å². The molecule has 1 saturated heterocycles. The summed E-state index contributed by atoms with van der Waals surface area (Å²) in [5, 5.41) is 8.12. The van der Waals surface area contributed by atoms with Gasteiger partial charge in [-0.15, -0.1) is 0 Å². The van der Waals surface area contributed by atoms with E-state index in [2.05, 4.69) is 34.7 Å². The van der Waals surface area contributed by atoms with E-state index in [1.54, 1.807) is 6.26 Å². The maximum atomic E-state index is 11.8. The molecule has 0 spiro atoms. The van der Waals surface area contributed by atoms with Crippen LogP contribution in [0.1, 0.15) is 38.3 Å².